The van der Waals surface area contributed by atoms with E-state index in [0.29, 0.717) is 6.04 Å². The van der Waals surface area contributed by atoms with Gasteiger partial charge in [0.2, 0.25) is 0 Å². The monoisotopic (exact) mass is 220 g/mol. The van der Waals surface area contributed by atoms with Crippen molar-refractivity contribution >= 4 is 5.84 Å². The highest BCUT2D eigenvalue weighted by molar-refractivity contribution is 6.04. The van der Waals surface area contributed by atoms with Crippen molar-refractivity contribution in [3.63, 3.8) is 0 Å². The molecule has 86 valence electrons. The molecule has 0 spiro atoms. The number of hydrogen-bond acceptors (Lipinski definition) is 4. The Balaban J connectivity index is 2.45. The molecule has 1 N–H and O–H groups in total. The molecule has 0 amide bonds. The Bertz CT molecular complexity index is 393. The summed E-state index contributed by atoms with van der Waals surface area (Å²) in [5.41, 5.74) is 0.900. The fraction of sp³-hybridized carbons (Fsp3) is 0.417. The summed E-state index contributed by atoms with van der Waals surface area (Å²) in [6.45, 7) is 2.88. The van der Waals surface area contributed by atoms with Gasteiger partial charge in [-0.1, -0.05) is 6.07 Å². The summed E-state index contributed by atoms with van der Waals surface area (Å²) in [6.07, 6.45) is 0. The van der Waals surface area contributed by atoms with Gasteiger partial charge in [-0.2, -0.15) is 0 Å². The summed E-state index contributed by atoms with van der Waals surface area (Å²) in [5.74, 6) is 2.40. The smallest absolute Gasteiger partial charge is 0.136 e. The number of aliphatic imine (C=N–C) groups is 1. The van der Waals surface area contributed by atoms with E-state index >= 15 is 0 Å². The van der Waals surface area contributed by atoms with Crippen molar-refractivity contribution < 1.29 is 9.47 Å². The van der Waals surface area contributed by atoms with Crippen LogP contribution in [-0.4, -0.2) is 32.6 Å². The van der Waals surface area contributed by atoms with E-state index in [9.17, 15) is 0 Å². The van der Waals surface area contributed by atoms with Crippen molar-refractivity contribution in [3.8, 4) is 11.5 Å². The lowest BCUT2D eigenvalue weighted by atomic mass is 10.1. The average Bonchev–Trinajstić information content (AvgIpc) is 2.74. The van der Waals surface area contributed by atoms with Gasteiger partial charge < -0.3 is 14.8 Å². The minimum Gasteiger partial charge on any atom is -0.496 e. The number of nitrogens with zero attached hydrogens (tertiary/aromatic N) is 1. The fourth-order valence-electron chi connectivity index (χ4n) is 1.79. The fourth-order valence-corrected chi connectivity index (χ4v) is 1.79. The van der Waals surface area contributed by atoms with Gasteiger partial charge in [-0.15, -0.1) is 0 Å². The molecule has 1 unspecified atom stereocenters. The summed E-state index contributed by atoms with van der Waals surface area (Å²) < 4.78 is 10.7. The van der Waals surface area contributed by atoms with Gasteiger partial charge in [-0.25, -0.2) is 0 Å². The molecule has 0 bridgehead atoms. The maximum absolute atomic E-state index is 5.33. The first-order valence-corrected chi connectivity index (χ1v) is 5.28. The summed E-state index contributed by atoms with van der Waals surface area (Å²) in [5, 5.41) is 3.31. The lowest BCUT2D eigenvalue weighted by Gasteiger charge is -2.14. The number of hydrogen-bond donors (Lipinski definition) is 1. The Morgan fingerprint density at radius 1 is 1.25 bits per heavy atom. The number of amidine groups is 1. The van der Waals surface area contributed by atoms with Crippen LogP contribution in [-0.2, 0) is 0 Å². The van der Waals surface area contributed by atoms with Crippen LogP contribution in [0.15, 0.2) is 23.2 Å². The molecule has 1 heterocycles. The van der Waals surface area contributed by atoms with E-state index in [-0.39, 0.29) is 0 Å². The zero-order valence-electron chi connectivity index (χ0n) is 9.78. The molecule has 0 aromatic heterocycles. The third-order valence-corrected chi connectivity index (χ3v) is 2.57. The standard InChI is InChI=1S/C12H16N2O2/c1-8-7-13-12(14-8)11-9(15-2)5-4-6-10(11)16-3/h4-6,8H,7H2,1-3H3,(H,13,14). The van der Waals surface area contributed by atoms with Gasteiger partial charge in [0.05, 0.1) is 20.8 Å². The van der Waals surface area contributed by atoms with E-state index in [2.05, 4.69) is 17.2 Å². The SMILES string of the molecule is COc1cccc(OC)c1C1=NCC(C)N1. The predicted octanol–water partition coefficient (Wildman–Crippen LogP) is 1.44. The first kappa shape index (κ1) is 10.8. The summed E-state index contributed by atoms with van der Waals surface area (Å²) in [4.78, 5) is 4.45. The molecule has 0 radical (unpaired) electrons. The van der Waals surface area contributed by atoms with E-state index < -0.39 is 0 Å². The summed E-state index contributed by atoms with van der Waals surface area (Å²) in [7, 11) is 3.30. The first-order valence-electron chi connectivity index (χ1n) is 5.28. The van der Waals surface area contributed by atoms with Crippen molar-refractivity contribution in [1.82, 2.24) is 5.32 Å². The van der Waals surface area contributed by atoms with E-state index in [1.54, 1.807) is 14.2 Å². The van der Waals surface area contributed by atoms with Gasteiger partial charge in [0, 0.05) is 6.04 Å². The lowest BCUT2D eigenvalue weighted by molar-refractivity contribution is 0.392. The van der Waals surface area contributed by atoms with Crippen LogP contribution >= 0.6 is 0 Å². The van der Waals surface area contributed by atoms with Gasteiger partial charge in [-0.05, 0) is 19.1 Å². The second kappa shape index (κ2) is 4.43. The molecule has 4 heteroatoms. The van der Waals surface area contributed by atoms with Crippen molar-refractivity contribution in [2.24, 2.45) is 4.99 Å². The minimum atomic E-state index is 0.365. The van der Waals surface area contributed by atoms with E-state index in [1.165, 1.54) is 0 Å². The summed E-state index contributed by atoms with van der Waals surface area (Å²) in [6, 6.07) is 6.08. The molecule has 0 saturated heterocycles. The topological polar surface area (TPSA) is 42.9 Å². The van der Waals surface area contributed by atoms with Crippen LogP contribution in [0.1, 0.15) is 12.5 Å². The van der Waals surface area contributed by atoms with Crippen LogP contribution in [0, 0.1) is 0 Å². The number of benzene rings is 1. The molecular formula is C12H16N2O2. The molecule has 1 aliphatic rings. The van der Waals surface area contributed by atoms with Crippen molar-refractivity contribution in [2.45, 2.75) is 13.0 Å². The molecular weight excluding hydrogens is 204 g/mol. The van der Waals surface area contributed by atoms with Crippen molar-refractivity contribution in [1.29, 1.82) is 0 Å². The second-order valence-corrected chi connectivity index (χ2v) is 3.77. The first-order chi connectivity index (χ1) is 7.76. The highest BCUT2D eigenvalue weighted by Gasteiger charge is 2.21. The molecule has 0 aliphatic carbocycles. The highest BCUT2D eigenvalue weighted by Crippen LogP contribution is 2.29. The largest absolute Gasteiger partial charge is 0.496 e. The number of rotatable bonds is 3. The molecule has 1 aliphatic heterocycles. The average molecular weight is 220 g/mol. The zero-order chi connectivity index (χ0) is 11.5. The Hall–Kier alpha value is -1.71. The number of methoxy groups -OCH3 is 2. The van der Waals surface area contributed by atoms with Crippen LogP contribution < -0.4 is 14.8 Å². The van der Waals surface area contributed by atoms with Gasteiger partial charge in [0.15, 0.2) is 0 Å². The minimum absolute atomic E-state index is 0.365. The Morgan fingerprint density at radius 2 is 1.88 bits per heavy atom. The van der Waals surface area contributed by atoms with E-state index in [0.717, 1.165) is 29.4 Å². The predicted molar refractivity (Wildman–Crippen MR) is 63.5 cm³/mol. The molecule has 1 aromatic rings. The quantitative estimate of drug-likeness (QED) is 0.838. The zero-order valence-corrected chi connectivity index (χ0v) is 9.78. The second-order valence-electron chi connectivity index (χ2n) is 3.77. The number of nitrogens with one attached hydrogen (secondary N) is 1. The van der Waals surface area contributed by atoms with Crippen molar-refractivity contribution in [2.75, 3.05) is 20.8 Å². The molecule has 4 nitrogen and oxygen atoms in total. The van der Waals surface area contributed by atoms with Gasteiger partial charge in [-0.3, -0.25) is 4.99 Å². The van der Waals surface area contributed by atoms with E-state index in [4.69, 9.17) is 9.47 Å². The van der Waals surface area contributed by atoms with Gasteiger partial charge in [0.1, 0.15) is 22.9 Å². The summed E-state index contributed by atoms with van der Waals surface area (Å²) >= 11 is 0. The molecule has 1 atom stereocenters. The third-order valence-electron chi connectivity index (χ3n) is 2.57. The number of ether oxygens (including phenoxy) is 2. The molecule has 2 rings (SSSR count). The van der Waals surface area contributed by atoms with Crippen LogP contribution in [0.2, 0.25) is 0 Å². The lowest BCUT2D eigenvalue weighted by Crippen LogP contribution is -2.28. The van der Waals surface area contributed by atoms with Crippen LogP contribution in [0.3, 0.4) is 0 Å². The third kappa shape index (κ3) is 1.83. The Morgan fingerprint density at radius 3 is 2.31 bits per heavy atom. The molecule has 0 fully saturated rings. The van der Waals surface area contributed by atoms with Gasteiger partial charge >= 0.3 is 0 Å². The van der Waals surface area contributed by atoms with Crippen LogP contribution in [0.5, 0.6) is 11.5 Å². The van der Waals surface area contributed by atoms with Crippen LogP contribution in [0.25, 0.3) is 0 Å². The molecule has 0 saturated carbocycles. The molecule has 1 aromatic carbocycles. The molecule has 16 heavy (non-hydrogen) atoms. The highest BCUT2D eigenvalue weighted by atomic mass is 16.5. The Labute approximate surface area is 95.3 Å². The van der Waals surface area contributed by atoms with E-state index in [1.807, 2.05) is 18.2 Å². The van der Waals surface area contributed by atoms with Crippen LogP contribution in [0.4, 0.5) is 0 Å². The maximum Gasteiger partial charge on any atom is 0.136 e. The van der Waals surface area contributed by atoms with Crippen molar-refractivity contribution in [3.05, 3.63) is 23.8 Å². The normalized spacial score (nSPS) is 18.9. The maximum atomic E-state index is 5.33. The van der Waals surface area contributed by atoms with Gasteiger partial charge in [0.25, 0.3) is 0 Å². The Kier molecular flexibility index (Phi) is 2.99.